The molecule has 1 saturated heterocycles. The van der Waals surface area contributed by atoms with Gasteiger partial charge in [0.1, 0.15) is 12.2 Å². The van der Waals surface area contributed by atoms with Gasteiger partial charge in [-0.1, -0.05) is 91.9 Å². The van der Waals surface area contributed by atoms with Crippen molar-refractivity contribution in [3.8, 4) is 0 Å². The SMILES string of the molecule is CC[C@@H]1C[C@H](OCc2ccccc2)[C@@H](OCc2ccccc2)[C@H](c2cc(Cc3cc4ccccc4s3)c(C)c(C)c2C)O1. The lowest BCUT2D eigenvalue weighted by atomic mass is 9.85. The summed E-state index contributed by atoms with van der Waals surface area (Å²) in [5, 5.41) is 1.32. The first-order valence-corrected chi connectivity index (χ1v) is 16.3. The molecule has 1 fully saturated rings. The van der Waals surface area contributed by atoms with Crippen LogP contribution >= 0.6 is 11.3 Å². The van der Waals surface area contributed by atoms with Gasteiger partial charge in [0.05, 0.1) is 25.4 Å². The highest BCUT2D eigenvalue weighted by molar-refractivity contribution is 7.19. The molecule has 0 saturated carbocycles. The van der Waals surface area contributed by atoms with E-state index in [0.717, 1.165) is 24.8 Å². The van der Waals surface area contributed by atoms with Gasteiger partial charge in [0.2, 0.25) is 0 Å². The van der Waals surface area contributed by atoms with Crippen molar-refractivity contribution in [2.75, 3.05) is 0 Å². The maximum absolute atomic E-state index is 6.93. The maximum atomic E-state index is 6.93. The lowest BCUT2D eigenvalue weighted by molar-refractivity contribution is -0.211. The molecule has 6 rings (SSSR count). The molecule has 4 aromatic carbocycles. The Morgan fingerprint density at radius 2 is 1.40 bits per heavy atom. The summed E-state index contributed by atoms with van der Waals surface area (Å²) in [5.74, 6) is 0. The highest BCUT2D eigenvalue weighted by Crippen LogP contribution is 2.41. The molecule has 2 heterocycles. The molecule has 3 nitrogen and oxygen atoms in total. The fourth-order valence-electron chi connectivity index (χ4n) is 6.28. The van der Waals surface area contributed by atoms with Crippen molar-refractivity contribution in [3.63, 3.8) is 0 Å². The average Bonchev–Trinajstić information content (AvgIpc) is 3.46. The van der Waals surface area contributed by atoms with Gasteiger partial charge in [0.25, 0.3) is 0 Å². The molecular formula is C39H42O3S. The molecule has 0 radical (unpaired) electrons. The van der Waals surface area contributed by atoms with Crippen molar-refractivity contribution in [1.82, 2.24) is 0 Å². The van der Waals surface area contributed by atoms with Crippen LogP contribution in [0, 0.1) is 20.8 Å². The summed E-state index contributed by atoms with van der Waals surface area (Å²) >= 11 is 1.89. The molecule has 4 heteroatoms. The second kappa shape index (κ2) is 13.6. The fourth-order valence-corrected chi connectivity index (χ4v) is 7.36. The van der Waals surface area contributed by atoms with Crippen LogP contribution < -0.4 is 0 Å². The molecule has 0 unspecified atom stereocenters. The topological polar surface area (TPSA) is 27.7 Å². The number of hydrogen-bond acceptors (Lipinski definition) is 4. The maximum Gasteiger partial charge on any atom is 0.114 e. The zero-order chi connectivity index (χ0) is 29.8. The van der Waals surface area contributed by atoms with Crippen molar-refractivity contribution in [2.24, 2.45) is 0 Å². The summed E-state index contributed by atoms with van der Waals surface area (Å²) in [7, 11) is 0. The number of benzene rings is 4. The van der Waals surface area contributed by atoms with Crippen LogP contribution in [0.25, 0.3) is 10.1 Å². The lowest BCUT2D eigenvalue weighted by Gasteiger charge is -2.42. The van der Waals surface area contributed by atoms with Crippen molar-refractivity contribution in [3.05, 3.63) is 141 Å². The van der Waals surface area contributed by atoms with Crippen LogP contribution in [-0.4, -0.2) is 18.3 Å². The highest BCUT2D eigenvalue weighted by atomic mass is 32.1. The van der Waals surface area contributed by atoms with Crippen molar-refractivity contribution < 1.29 is 14.2 Å². The van der Waals surface area contributed by atoms with Gasteiger partial charge >= 0.3 is 0 Å². The third-order valence-corrected chi connectivity index (χ3v) is 10.2. The van der Waals surface area contributed by atoms with Crippen LogP contribution in [0.2, 0.25) is 0 Å². The summed E-state index contributed by atoms with van der Waals surface area (Å²) < 4.78 is 21.8. The fraction of sp³-hybridized carbons (Fsp3) is 0.333. The first-order valence-electron chi connectivity index (χ1n) is 15.5. The van der Waals surface area contributed by atoms with E-state index in [9.17, 15) is 0 Å². The summed E-state index contributed by atoms with van der Waals surface area (Å²) in [6.45, 7) is 10.1. The van der Waals surface area contributed by atoms with E-state index < -0.39 is 0 Å². The number of thiophene rings is 1. The zero-order valence-electron chi connectivity index (χ0n) is 25.7. The summed E-state index contributed by atoms with van der Waals surface area (Å²) in [6, 6.07) is 34.3. The number of rotatable bonds is 10. The van der Waals surface area contributed by atoms with Crippen LogP contribution in [0.4, 0.5) is 0 Å². The quantitative estimate of drug-likeness (QED) is 0.162. The molecule has 1 aromatic heterocycles. The van der Waals surface area contributed by atoms with E-state index in [0.29, 0.717) is 13.2 Å². The minimum atomic E-state index is -0.232. The number of hydrogen-bond donors (Lipinski definition) is 0. The van der Waals surface area contributed by atoms with Gasteiger partial charge in [0.15, 0.2) is 0 Å². The van der Waals surface area contributed by atoms with Crippen LogP contribution in [0.15, 0.2) is 97.1 Å². The first kappa shape index (κ1) is 29.8. The molecule has 0 spiro atoms. The third-order valence-electron chi connectivity index (χ3n) is 9.06. The van der Waals surface area contributed by atoms with Crippen LogP contribution in [0.3, 0.4) is 0 Å². The predicted octanol–water partition coefficient (Wildman–Crippen LogP) is 9.83. The van der Waals surface area contributed by atoms with E-state index in [4.69, 9.17) is 14.2 Å². The molecule has 222 valence electrons. The first-order chi connectivity index (χ1) is 21.0. The largest absolute Gasteiger partial charge is 0.371 e. The van der Waals surface area contributed by atoms with Crippen molar-refractivity contribution in [1.29, 1.82) is 0 Å². The monoisotopic (exact) mass is 590 g/mol. The van der Waals surface area contributed by atoms with Crippen LogP contribution in [0.5, 0.6) is 0 Å². The molecule has 1 aliphatic rings. The van der Waals surface area contributed by atoms with Gasteiger partial charge in [-0.3, -0.25) is 0 Å². The van der Waals surface area contributed by atoms with Gasteiger partial charge < -0.3 is 14.2 Å². The number of fused-ring (bicyclic) bond motifs is 1. The second-order valence-corrected chi connectivity index (χ2v) is 13.0. The Kier molecular flexibility index (Phi) is 9.40. The average molecular weight is 591 g/mol. The van der Waals surface area contributed by atoms with E-state index in [-0.39, 0.29) is 24.4 Å². The summed E-state index contributed by atoms with van der Waals surface area (Å²) in [5.41, 5.74) is 8.89. The van der Waals surface area contributed by atoms with Gasteiger partial charge in [0, 0.05) is 22.4 Å². The molecular weight excluding hydrogens is 548 g/mol. The van der Waals surface area contributed by atoms with Gasteiger partial charge in [-0.25, -0.2) is 0 Å². The van der Waals surface area contributed by atoms with E-state index in [1.54, 1.807) is 0 Å². The Morgan fingerprint density at radius 1 is 0.744 bits per heavy atom. The van der Waals surface area contributed by atoms with Crippen LogP contribution in [-0.2, 0) is 33.8 Å². The molecule has 1 aliphatic heterocycles. The predicted molar refractivity (Wildman–Crippen MR) is 178 cm³/mol. The molecule has 5 aromatic rings. The summed E-state index contributed by atoms with van der Waals surface area (Å²) in [4.78, 5) is 1.38. The zero-order valence-corrected chi connectivity index (χ0v) is 26.5. The normalized spacial score (nSPS) is 20.5. The van der Waals surface area contributed by atoms with Crippen molar-refractivity contribution >= 4 is 21.4 Å². The molecule has 4 atom stereocenters. The standard InChI is InChI=1S/C39H42O3S/c1-5-33-23-36(40-24-29-14-8-6-9-15-29)39(41-25-30-16-10-7-11-17-30)38(42-33)35-22-32(27(3)26(2)28(35)4)21-34-20-31-18-12-13-19-37(31)43-34/h6-20,22,33,36,38-39H,5,21,23-25H2,1-4H3/t33-,36+,38+,39-/m1/s1. The van der Waals surface area contributed by atoms with Crippen LogP contribution in [0.1, 0.15) is 69.7 Å². The lowest BCUT2D eigenvalue weighted by Crippen LogP contribution is -2.46. The molecule has 0 bridgehead atoms. The Hall–Kier alpha value is -3.28. The Labute approximate surface area is 260 Å². The Bertz CT molecular complexity index is 1610. The minimum absolute atomic E-state index is 0.0836. The van der Waals surface area contributed by atoms with Gasteiger partial charge in [-0.15, -0.1) is 11.3 Å². The minimum Gasteiger partial charge on any atom is -0.371 e. The van der Waals surface area contributed by atoms with E-state index in [2.05, 4.69) is 113 Å². The van der Waals surface area contributed by atoms with Gasteiger partial charge in [-0.2, -0.15) is 0 Å². The Morgan fingerprint density at radius 3 is 2.07 bits per heavy atom. The summed E-state index contributed by atoms with van der Waals surface area (Å²) in [6.07, 6.45) is 2.23. The molecule has 0 amide bonds. The number of ether oxygens (including phenoxy) is 3. The molecule has 0 N–H and O–H groups in total. The third kappa shape index (κ3) is 6.78. The second-order valence-electron chi connectivity index (χ2n) is 11.8. The van der Waals surface area contributed by atoms with E-state index in [1.165, 1.54) is 48.3 Å². The smallest absolute Gasteiger partial charge is 0.114 e. The van der Waals surface area contributed by atoms with E-state index in [1.807, 2.05) is 23.5 Å². The van der Waals surface area contributed by atoms with Crippen molar-refractivity contribution in [2.45, 2.75) is 84.6 Å². The van der Waals surface area contributed by atoms with E-state index >= 15 is 0 Å². The molecule has 43 heavy (non-hydrogen) atoms. The Balaban J connectivity index is 1.35. The van der Waals surface area contributed by atoms with Gasteiger partial charge in [-0.05, 0) is 83.7 Å². The highest BCUT2D eigenvalue weighted by Gasteiger charge is 2.41. The molecule has 0 aliphatic carbocycles.